The molecule has 2 heterocycles. The van der Waals surface area contributed by atoms with Crippen LogP contribution in [0.25, 0.3) is 22.5 Å². The smallest absolute Gasteiger partial charge is 0.403 e. The molecule has 0 fully saturated rings. The SMILES string of the molecule is CC(F)c1cn(-c2ccc(-c3cccc(S(=O)O)c3)cc2N(N)/C(=C\N)c2ccc3c(c2)OC(F)(F)O3)cn1. The van der Waals surface area contributed by atoms with Gasteiger partial charge in [-0.3, -0.25) is 5.01 Å². The van der Waals surface area contributed by atoms with Crippen molar-refractivity contribution in [3.05, 3.63) is 90.6 Å². The van der Waals surface area contributed by atoms with E-state index in [2.05, 4.69) is 14.5 Å². The number of hydrazine groups is 1. The first-order valence-corrected chi connectivity index (χ1v) is 12.6. The number of anilines is 1. The maximum absolute atomic E-state index is 13.9. The lowest BCUT2D eigenvalue weighted by Crippen LogP contribution is -2.30. The molecule has 202 valence electrons. The Hall–Kier alpha value is -4.33. The quantitative estimate of drug-likeness (QED) is 0.163. The van der Waals surface area contributed by atoms with Gasteiger partial charge in [-0.25, -0.2) is 19.4 Å². The number of halogens is 3. The van der Waals surface area contributed by atoms with Gasteiger partial charge in [0.15, 0.2) is 22.6 Å². The van der Waals surface area contributed by atoms with Crippen molar-refractivity contribution in [2.24, 2.45) is 11.6 Å². The molecular formula is C26H22F3N5O4S. The molecule has 2 unspecified atom stereocenters. The molecule has 1 aromatic heterocycles. The highest BCUT2D eigenvalue weighted by molar-refractivity contribution is 7.79. The second-order valence-electron chi connectivity index (χ2n) is 8.55. The normalized spacial score (nSPS) is 15.7. The van der Waals surface area contributed by atoms with Crippen LogP contribution in [0.5, 0.6) is 11.5 Å². The van der Waals surface area contributed by atoms with Gasteiger partial charge >= 0.3 is 6.29 Å². The van der Waals surface area contributed by atoms with Gasteiger partial charge in [0.05, 0.1) is 34.0 Å². The molecule has 5 N–H and O–H groups in total. The Kier molecular flexibility index (Phi) is 6.80. The first-order chi connectivity index (χ1) is 18.6. The molecule has 39 heavy (non-hydrogen) atoms. The van der Waals surface area contributed by atoms with Crippen LogP contribution in [0.1, 0.15) is 24.4 Å². The maximum Gasteiger partial charge on any atom is 0.586 e. The van der Waals surface area contributed by atoms with Gasteiger partial charge in [-0.2, -0.15) is 0 Å². The molecule has 5 rings (SSSR count). The van der Waals surface area contributed by atoms with Crippen molar-refractivity contribution in [3.8, 4) is 28.3 Å². The van der Waals surface area contributed by atoms with Crippen LogP contribution in [0.3, 0.4) is 0 Å². The predicted octanol–water partition coefficient (Wildman–Crippen LogP) is 5.11. The minimum absolute atomic E-state index is 0.140. The number of hydrogen-bond acceptors (Lipinski definition) is 7. The van der Waals surface area contributed by atoms with Gasteiger partial charge in [-0.15, -0.1) is 8.78 Å². The zero-order valence-electron chi connectivity index (χ0n) is 20.3. The number of ether oxygens (including phenoxy) is 2. The van der Waals surface area contributed by atoms with Crippen LogP contribution in [-0.4, -0.2) is 24.6 Å². The van der Waals surface area contributed by atoms with Crippen molar-refractivity contribution < 1.29 is 31.4 Å². The maximum atomic E-state index is 13.9. The molecule has 3 aromatic carbocycles. The second kappa shape index (κ2) is 10.1. The van der Waals surface area contributed by atoms with E-state index >= 15 is 0 Å². The molecule has 0 amide bonds. The number of benzene rings is 3. The van der Waals surface area contributed by atoms with Crippen LogP contribution in [0, 0.1) is 0 Å². The molecule has 1 aliphatic rings. The van der Waals surface area contributed by atoms with Crippen molar-refractivity contribution in [1.29, 1.82) is 0 Å². The molecule has 0 spiro atoms. The number of hydrogen-bond donors (Lipinski definition) is 3. The number of imidazole rings is 1. The summed E-state index contributed by atoms with van der Waals surface area (Å²) in [6.45, 7) is 1.36. The van der Waals surface area contributed by atoms with Crippen molar-refractivity contribution >= 4 is 22.5 Å². The minimum atomic E-state index is -3.79. The Labute approximate surface area is 223 Å². The molecule has 0 saturated heterocycles. The molecule has 0 radical (unpaired) electrons. The summed E-state index contributed by atoms with van der Waals surface area (Å²) in [6.07, 6.45) is -0.957. The van der Waals surface area contributed by atoms with Crippen LogP contribution in [0.15, 0.2) is 84.3 Å². The molecule has 1 aliphatic heterocycles. The monoisotopic (exact) mass is 557 g/mol. The zero-order valence-corrected chi connectivity index (χ0v) is 21.1. The lowest BCUT2D eigenvalue weighted by Gasteiger charge is -2.25. The van der Waals surface area contributed by atoms with Crippen molar-refractivity contribution in [3.63, 3.8) is 0 Å². The van der Waals surface area contributed by atoms with Crippen LogP contribution in [0.4, 0.5) is 18.9 Å². The predicted molar refractivity (Wildman–Crippen MR) is 139 cm³/mol. The number of nitrogens with two attached hydrogens (primary N) is 2. The highest BCUT2D eigenvalue weighted by atomic mass is 32.2. The fraction of sp³-hybridized carbons (Fsp3) is 0.115. The van der Waals surface area contributed by atoms with Crippen LogP contribution < -0.4 is 26.1 Å². The molecule has 0 saturated carbocycles. The minimum Gasteiger partial charge on any atom is -0.403 e. The summed E-state index contributed by atoms with van der Waals surface area (Å²) >= 11 is -2.19. The first kappa shape index (κ1) is 26.3. The van der Waals surface area contributed by atoms with E-state index in [0.717, 1.165) is 0 Å². The van der Waals surface area contributed by atoms with E-state index in [1.165, 1.54) is 54.9 Å². The average molecular weight is 558 g/mol. The molecule has 0 aliphatic carbocycles. The van der Waals surface area contributed by atoms with Crippen LogP contribution in [0.2, 0.25) is 0 Å². The third-order valence-electron chi connectivity index (χ3n) is 6.01. The Morgan fingerprint density at radius 1 is 1.13 bits per heavy atom. The highest BCUT2D eigenvalue weighted by Gasteiger charge is 2.43. The van der Waals surface area contributed by atoms with Gasteiger partial charge in [0.25, 0.3) is 0 Å². The van der Waals surface area contributed by atoms with E-state index in [0.29, 0.717) is 28.1 Å². The standard InChI is InChI=1S/C26H22F3N5O4S/c1-15(27)20-13-33(14-32-20)21-7-5-17(16-3-2-4-19(9-16)39(35)36)10-22(21)34(31)23(12-30)18-6-8-24-25(11-18)38-26(28,29)37-24/h2-15H,30-31H2,1H3,(H,35,36)/b23-12-. The molecule has 2 atom stereocenters. The third-order valence-corrected chi connectivity index (χ3v) is 6.66. The number of aromatic nitrogens is 2. The summed E-state index contributed by atoms with van der Waals surface area (Å²) in [6, 6.07) is 15.8. The molecule has 4 aromatic rings. The highest BCUT2D eigenvalue weighted by Crippen LogP contribution is 2.43. The van der Waals surface area contributed by atoms with Crippen LogP contribution >= 0.6 is 0 Å². The average Bonchev–Trinajstić information content (AvgIpc) is 3.52. The Morgan fingerprint density at radius 3 is 2.56 bits per heavy atom. The largest absolute Gasteiger partial charge is 0.586 e. The fourth-order valence-electron chi connectivity index (χ4n) is 4.13. The number of nitrogens with zero attached hydrogens (tertiary/aromatic N) is 3. The summed E-state index contributed by atoms with van der Waals surface area (Å²) < 4.78 is 72.8. The van der Waals surface area contributed by atoms with E-state index < -0.39 is 23.5 Å². The molecule has 0 bridgehead atoms. The van der Waals surface area contributed by atoms with Crippen molar-refractivity contribution in [2.45, 2.75) is 24.3 Å². The van der Waals surface area contributed by atoms with Gasteiger partial charge in [0.2, 0.25) is 0 Å². The van der Waals surface area contributed by atoms with Crippen molar-refractivity contribution in [2.75, 3.05) is 5.01 Å². The van der Waals surface area contributed by atoms with Crippen LogP contribution in [-0.2, 0) is 11.1 Å². The number of rotatable bonds is 7. The van der Waals surface area contributed by atoms with Gasteiger partial charge in [0.1, 0.15) is 6.17 Å². The second-order valence-corrected chi connectivity index (χ2v) is 9.52. The summed E-state index contributed by atoms with van der Waals surface area (Å²) in [5.74, 6) is 6.25. The Balaban J connectivity index is 1.61. The summed E-state index contributed by atoms with van der Waals surface area (Å²) in [5, 5.41) is 1.24. The van der Waals surface area contributed by atoms with Crippen molar-refractivity contribution in [1.82, 2.24) is 9.55 Å². The Morgan fingerprint density at radius 2 is 1.87 bits per heavy atom. The Bertz CT molecular complexity index is 1610. The van der Waals surface area contributed by atoms with E-state index in [1.54, 1.807) is 41.0 Å². The number of fused-ring (bicyclic) bond motifs is 1. The van der Waals surface area contributed by atoms with Gasteiger partial charge in [-0.05, 0) is 60.5 Å². The fourth-order valence-corrected chi connectivity index (χ4v) is 4.55. The molecule has 13 heteroatoms. The van der Waals surface area contributed by atoms with Gasteiger partial charge in [-0.1, -0.05) is 18.2 Å². The van der Waals surface area contributed by atoms with E-state index in [-0.39, 0.29) is 27.8 Å². The summed E-state index contributed by atoms with van der Waals surface area (Å²) in [7, 11) is 0. The summed E-state index contributed by atoms with van der Waals surface area (Å²) in [4.78, 5) is 4.31. The molecular weight excluding hydrogens is 535 g/mol. The van der Waals surface area contributed by atoms with Gasteiger partial charge < -0.3 is 24.3 Å². The molecule has 9 nitrogen and oxygen atoms in total. The topological polar surface area (TPSA) is 129 Å². The van der Waals surface area contributed by atoms with E-state index in [1.807, 2.05) is 0 Å². The van der Waals surface area contributed by atoms with E-state index in [9.17, 15) is 21.9 Å². The zero-order chi connectivity index (χ0) is 27.9. The van der Waals surface area contributed by atoms with E-state index in [4.69, 9.17) is 11.6 Å². The lowest BCUT2D eigenvalue weighted by atomic mass is 10.0. The van der Waals surface area contributed by atoms with Gasteiger partial charge in [0, 0.05) is 18.0 Å². The lowest BCUT2D eigenvalue weighted by molar-refractivity contribution is -0.286. The first-order valence-electron chi connectivity index (χ1n) is 11.5. The third kappa shape index (κ3) is 5.19. The number of alkyl halides is 3. The summed E-state index contributed by atoms with van der Waals surface area (Å²) in [5.41, 5.74) is 8.85.